The monoisotopic (exact) mass is 255 g/mol. The van der Waals surface area contributed by atoms with Gasteiger partial charge in [0.2, 0.25) is 0 Å². The van der Waals surface area contributed by atoms with Gasteiger partial charge in [0, 0.05) is 18.9 Å². The molecule has 0 aliphatic rings. The van der Waals surface area contributed by atoms with E-state index in [1.807, 2.05) is 19.3 Å². The molecule has 3 heteroatoms. The van der Waals surface area contributed by atoms with E-state index in [4.69, 9.17) is 0 Å². The largest absolute Gasteiger partial charge is 0.311 e. The van der Waals surface area contributed by atoms with E-state index >= 15 is 0 Å². The third-order valence-corrected chi connectivity index (χ3v) is 3.05. The van der Waals surface area contributed by atoms with Crippen LogP contribution in [0, 0.1) is 6.92 Å². The van der Waals surface area contributed by atoms with Crippen molar-refractivity contribution in [3.8, 4) is 0 Å². The van der Waals surface area contributed by atoms with Crippen molar-refractivity contribution in [2.24, 2.45) is 0 Å². The molecule has 1 aromatic heterocycles. The fourth-order valence-electron chi connectivity index (χ4n) is 1.95. The van der Waals surface area contributed by atoms with Crippen molar-refractivity contribution in [3.63, 3.8) is 0 Å². The first-order chi connectivity index (χ1) is 9.34. The fraction of sp³-hybridized carbons (Fsp3) is 0.375. The third kappa shape index (κ3) is 5.18. The lowest BCUT2D eigenvalue weighted by atomic mass is 10.1. The highest BCUT2D eigenvalue weighted by atomic mass is 14.9. The second-order valence-corrected chi connectivity index (χ2v) is 4.77. The summed E-state index contributed by atoms with van der Waals surface area (Å²) in [5.41, 5.74) is 3.40. The molecule has 0 amide bonds. The van der Waals surface area contributed by atoms with Gasteiger partial charge in [-0.15, -0.1) is 0 Å². The number of hydrogen-bond donors (Lipinski definition) is 1. The van der Waals surface area contributed by atoms with Gasteiger partial charge < -0.3 is 5.32 Å². The quantitative estimate of drug-likeness (QED) is 0.773. The Hall–Kier alpha value is -1.74. The van der Waals surface area contributed by atoms with Crippen molar-refractivity contribution in [2.75, 3.05) is 6.54 Å². The Bertz CT molecular complexity index is 465. The van der Waals surface area contributed by atoms with Gasteiger partial charge >= 0.3 is 0 Å². The van der Waals surface area contributed by atoms with Crippen LogP contribution >= 0.6 is 0 Å². The first-order valence-electron chi connectivity index (χ1n) is 6.87. The SMILES string of the molecule is Cc1cnc(CNCCCCc2ccccc2)cn1. The van der Waals surface area contributed by atoms with Gasteiger partial charge in [-0.2, -0.15) is 0 Å². The first-order valence-corrected chi connectivity index (χ1v) is 6.87. The van der Waals surface area contributed by atoms with E-state index in [1.54, 1.807) is 0 Å². The van der Waals surface area contributed by atoms with Gasteiger partial charge in [-0.05, 0) is 38.3 Å². The molecule has 0 radical (unpaired) electrons. The lowest BCUT2D eigenvalue weighted by Crippen LogP contribution is -2.16. The summed E-state index contributed by atoms with van der Waals surface area (Å²) in [6.45, 7) is 3.79. The first kappa shape index (κ1) is 13.7. The smallest absolute Gasteiger partial charge is 0.0724 e. The molecule has 19 heavy (non-hydrogen) atoms. The van der Waals surface area contributed by atoms with E-state index in [0.29, 0.717) is 0 Å². The van der Waals surface area contributed by atoms with Crippen LogP contribution in [-0.4, -0.2) is 16.5 Å². The van der Waals surface area contributed by atoms with Gasteiger partial charge in [0.25, 0.3) is 0 Å². The van der Waals surface area contributed by atoms with Crippen molar-refractivity contribution >= 4 is 0 Å². The summed E-state index contributed by atoms with van der Waals surface area (Å²) in [5.74, 6) is 0. The van der Waals surface area contributed by atoms with Crippen molar-refractivity contribution in [1.29, 1.82) is 0 Å². The van der Waals surface area contributed by atoms with Crippen LogP contribution in [0.2, 0.25) is 0 Å². The molecule has 0 spiro atoms. The molecule has 0 fully saturated rings. The maximum atomic E-state index is 4.32. The second-order valence-electron chi connectivity index (χ2n) is 4.77. The summed E-state index contributed by atoms with van der Waals surface area (Å²) in [4.78, 5) is 8.55. The number of nitrogens with zero attached hydrogens (tertiary/aromatic N) is 2. The lowest BCUT2D eigenvalue weighted by Gasteiger charge is -2.04. The van der Waals surface area contributed by atoms with Crippen LogP contribution in [0.15, 0.2) is 42.7 Å². The highest BCUT2D eigenvalue weighted by Crippen LogP contribution is 2.03. The number of benzene rings is 1. The average molecular weight is 255 g/mol. The Balaban J connectivity index is 1.56. The summed E-state index contributed by atoms with van der Waals surface area (Å²) in [5, 5.41) is 3.40. The highest BCUT2D eigenvalue weighted by Gasteiger charge is 1.95. The van der Waals surface area contributed by atoms with Gasteiger partial charge in [-0.1, -0.05) is 30.3 Å². The minimum absolute atomic E-state index is 0.804. The summed E-state index contributed by atoms with van der Waals surface area (Å²) in [6, 6.07) is 10.6. The van der Waals surface area contributed by atoms with Crippen LogP contribution in [0.3, 0.4) is 0 Å². The lowest BCUT2D eigenvalue weighted by molar-refractivity contribution is 0.615. The van der Waals surface area contributed by atoms with Gasteiger partial charge in [0.05, 0.1) is 11.4 Å². The molecule has 3 nitrogen and oxygen atoms in total. The van der Waals surface area contributed by atoms with Crippen LogP contribution in [0.25, 0.3) is 0 Å². The Morgan fingerprint density at radius 3 is 2.58 bits per heavy atom. The Labute approximate surface area is 115 Å². The Morgan fingerprint density at radius 2 is 1.84 bits per heavy atom. The van der Waals surface area contributed by atoms with Crippen LogP contribution in [0.1, 0.15) is 29.8 Å². The number of aryl methyl sites for hydroxylation is 2. The van der Waals surface area contributed by atoms with Crippen LogP contribution in [0.5, 0.6) is 0 Å². The van der Waals surface area contributed by atoms with Gasteiger partial charge in [-0.25, -0.2) is 0 Å². The highest BCUT2D eigenvalue weighted by molar-refractivity contribution is 5.14. The van der Waals surface area contributed by atoms with Crippen molar-refractivity contribution in [1.82, 2.24) is 15.3 Å². The van der Waals surface area contributed by atoms with E-state index in [0.717, 1.165) is 30.9 Å². The fourth-order valence-corrected chi connectivity index (χ4v) is 1.95. The standard InChI is InChI=1S/C16H21N3/c1-14-11-19-16(13-18-14)12-17-10-6-5-9-15-7-3-2-4-8-15/h2-4,7-8,11,13,17H,5-6,9-10,12H2,1H3. The Morgan fingerprint density at radius 1 is 1.00 bits per heavy atom. The molecule has 2 rings (SSSR count). The van der Waals surface area contributed by atoms with Crippen LogP contribution in [0.4, 0.5) is 0 Å². The van der Waals surface area contributed by atoms with Gasteiger partial charge in [0.1, 0.15) is 0 Å². The van der Waals surface area contributed by atoms with E-state index in [2.05, 4.69) is 45.6 Å². The number of aromatic nitrogens is 2. The van der Waals surface area contributed by atoms with Gasteiger partial charge in [-0.3, -0.25) is 9.97 Å². The molecule has 1 aromatic carbocycles. The number of hydrogen-bond acceptors (Lipinski definition) is 3. The molecule has 0 unspecified atom stereocenters. The molecular formula is C16H21N3. The predicted molar refractivity (Wildman–Crippen MR) is 77.9 cm³/mol. The third-order valence-electron chi connectivity index (χ3n) is 3.05. The minimum atomic E-state index is 0.804. The molecule has 0 bridgehead atoms. The van der Waals surface area contributed by atoms with E-state index in [1.165, 1.54) is 18.4 Å². The van der Waals surface area contributed by atoms with E-state index < -0.39 is 0 Å². The summed E-state index contributed by atoms with van der Waals surface area (Å²) in [7, 11) is 0. The van der Waals surface area contributed by atoms with Crippen molar-refractivity contribution in [2.45, 2.75) is 32.7 Å². The predicted octanol–water partition coefficient (Wildman–Crippen LogP) is 2.90. The normalized spacial score (nSPS) is 10.6. The zero-order valence-corrected chi connectivity index (χ0v) is 11.5. The molecule has 1 heterocycles. The molecular weight excluding hydrogens is 234 g/mol. The van der Waals surface area contributed by atoms with Crippen LogP contribution < -0.4 is 5.32 Å². The maximum Gasteiger partial charge on any atom is 0.0724 e. The van der Waals surface area contributed by atoms with Gasteiger partial charge in [0.15, 0.2) is 0 Å². The Kier molecular flexibility index (Phi) is 5.50. The number of unbranched alkanes of at least 4 members (excludes halogenated alkanes) is 1. The zero-order valence-electron chi connectivity index (χ0n) is 11.5. The molecule has 1 N–H and O–H groups in total. The minimum Gasteiger partial charge on any atom is -0.311 e. The molecule has 0 aliphatic heterocycles. The van der Waals surface area contributed by atoms with Crippen LogP contribution in [-0.2, 0) is 13.0 Å². The summed E-state index contributed by atoms with van der Waals surface area (Å²) in [6.07, 6.45) is 7.22. The van der Waals surface area contributed by atoms with Crippen molar-refractivity contribution < 1.29 is 0 Å². The summed E-state index contributed by atoms with van der Waals surface area (Å²) >= 11 is 0. The average Bonchev–Trinajstić information content (AvgIpc) is 2.46. The van der Waals surface area contributed by atoms with E-state index in [-0.39, 0.29) is 0 Å². The molecule has 0 aliphatic carbocycles. The zero-order chi connectivity index (χ0) is 13.3. The molecule has 0 saturated carbocycles. The maximum absolute atomic E-state index is 4.32. The molecule has 0 saturated heterocycles. The second kappa shape index (κ2) is 7.64. The molecule has 100 valence electrons. The number of rotatable bonds is 7. The summed E-state index contributed by atoms with van der Waals surface area (Å²) < 4.78 is 0. The molecule has 2 aromatic rings. The molecule has 0 atom stereocenters. The van der Waals surface area contributed by atoms with E-state index in [9.17, 15) is 0 Å². The van der Waals surface area contributed by atoms with Crippen molar-refractivity contribution in [3.05, 3.63) is 59.7 Å². The topological polar surface area (TPSA) is 37.8 Å². The number of nitrogens with one attached hydrogen (secondary N) is 1.